The van der Waals surface area contributed by atoms with Gasteiger partial charge in [0.1, 0.15) is 0 Å². The zero-order chi connectivity index (χ0) is 17.6. The largest absolute Gasteiger partial charge is 0.381 e. The van der Waals surface area contributed by atoms with Crippen molar-refractivity contribution < 1.29 is 9.47 Å². The van der Waals surface area contributed by atoms with Crippen LogP contribution in [0.25, 0.3) is 0 Å². The Balaban J connectivity index is 1.55. The van der Waals surface area contributed by atoms with Crippen molar-refractivity contribution in [3.8, 4) is 0 Å². The Morgan fingerprint density at radius 3 is 2.64 bits per heavy atom. The summed E-state index contributed by atoms with van der Waals surface area (Å²) in [5, 5.41) is 0. The zero-order valence-electron chi connectivity index (χ0n) is 16.8. The summed E-state index contributed by atoms with van der Waals surface area (Å²) < 4.78 is 11.6. The maximum absolute atomic E-state index is 5.92. The fourth-order valence-corrected chi connectivity index (χ4v) is 7.75. The highest BCUT2D eigenvalue weighted by molar-refractivity contribution is 5.20. The Hall–Kier alpha value is -0.340. The third-order valence-electron chi connectivity index (χ3n) is 8.94. The first-order valence-corrected chi connectivity index (χ1v) is 10.9. The van der Waals surface area contributed by atoms with E-state index in [1.807, 2.05) is 14.2 Å². The van der Waals surface area contributed by atoms with Crippen molar-refractivity contribution in [2.45, 2.75) is 83.8 Å². The van der Waals surface area contributed by atoms with E-state index in [0.29, 0.717) is 17.6 Å². The normalized spacial score (nSPS) is 47.4. The zero-order valence-corrected chi connectivity index (χ0v) is 16.8. The van der Waals surface area contributed by atoms with E-state index in [1.54, 1.807) is 5.57 Å². The molecular weight excluding hydrogens is 308 g/mol. The van der Waals surface area contributed by atoms with E-state index < -0.39 is 0 Å². The predicted molar refractivity (Wildman–Crippen MR) is 102 cm³/mol. The maximum Gasteiger partial charge on any atom is 0.0754 e. The van der Waals surface area contributed by atoms with Crippen molar-refractivity contribution in [2.24, 2.45) is 35.0 Å². The third kappa shape index (κ3) is 2.83. The van der Waals surface area contributed by atoms with Gasteiger partial charge in [-0.1, -0.05) is 25.5 Å². The topological polar surface area (TPSA) is 18.5 Å². The van der Waals surface area contributed by atoms with Crippen molar-refractivity contribution in [3.05, 3.63) is 11.6 Å². The van der Waals surface area contributed by atoms with Gasteiger partial charge < -0.3 is 9.47 Å². The molecule has 4 aliphatic carbocycles. The van der Waals surface area contributed by atoms with Gasteiger partial charge in [0.05, 0.1) is 12.2 Å². The average molecular weight is 347 g/mol. The fraction of sp³-hybridized carbons (Fsp3) is 0.913. The first-order valence-electron chi connectivity index (χ1n) is 10.9. The first kappa shape index (κ1) is 18.0. The van der Waals surface area contributed by atoms with E-state index in [9.17, 15) is 0 Å². The standard InChI is InChI=1S/C23H38O2/c1-5-22(25-4)21-11-10-20-19-8-6-15-14-16(24-3)7-9-17(15)18(19)12-13-23(20,21)2/h14,16-22H,5-13H2,1-4H3/t16?,17?,18?,19?,20?,21?,22?,23-/m0/s1. The third-order valence-corrected chi connectivity index (χ3v) is 8.94. The van der Waals surface area contributed by atoms with Crippen molar-refractivity contribution in [3.63, 3.8) is 0 Å². The van der Waals surface area contributed by atoms with Gasteiger partial charge in [-0.05, 0) is 92.8 Å². The summed E-state index contributed by atoms with van der Waals surface area (Å²) in [4.78, 5) is 0. The molecule has 0 saturated heterocycles. The molecule has 0 radical (unpaired) electrons. The summed E-state index contributed by atoms with van der Waals surface area (Å²) in [6.45, 7) is 4.93. The second-order valence-electron chi connectivity index (χ2n) is 9.58. The fourth-order valence-electron chi connectivity index (χ4n) is 7.75. The molecule has 2 nitrogen and oxygen atoms in total. The lowest BCUT2D eigenvalue weighted by molar-refractivity contribution is -0.0656. The minimum atomic E-state index is 0.388. The van der Waals surface area contributed by atoms with Gasteiger partial charge in [0.2, 0.25) is 0 Å². The Morgan fingerprint density at radius 2 is 1.92 bits per heavy atom. The number of hydrogen-bond acceptors (Lipinski definition) is 2. The summed E-state index contributed by atoms with van der Waals surface area (Å²) in [6, 6.07) is 0. The molecule has 4 rings (SSSR count). The minimum absolute atomic E-state index is 0.388. The van der Waals surface area contributed by atoms with Gasteiger partial charge in [-0.2, -0.15) is 0 Å². The molecule has 0 amide bonds. The molecule has 0 spiro atoms. The van der Waals surface area contributed by atoms with E-state index in [-0.39, 0.29) is 0 Å². The van der Waals surface area contributed by atoms with Crippen molar-refractivity contribution >= 4 is 0 Å². The highest BCUT2D eigenvalue weighted by Crippen LogP contribution is 2.64. The molecule has 0 aromatic rings. The quantitative estimate of drug-likeness (QED) is 0.616. The van der Waals surface area contributed by atoms with Crippen LogP contribution in [0.15, 0.2) is 11.6 Å². The molecule has 2 heteroatoms. The van der Waals surface area contributed by atoms with Gasteiger partial charge in [0.25, 0.3) is 0 Å². The summed E-state index contributed by atoms with van der Waals surface area (Å²) in [5.41, 5.74) is 2.28. The Bertz CT molecular complexity index is 508. The monoisotopic (exact) mass is 346 g/mol. The van der Waals surface area contributed by atoms with E-state index in [2.05, 4.69) is 19.9 Å². The number of rotatable bonds is 4. The van der Waals surface area contributed by atoms with Crippen LogP contribution >= 0.6 is 0 Å². The molecular formula is C23H38O2. The predicted octanol–water partition coefficient (Wildman–Crippen LogP) is 5.62. The molecule has 142 valence electrons. The number of hydrogen-bond donors (Lipinski definition) is 0. The van der Waals surface area contributed by atoms with Crippen LogP contribution in [0, 0.1) is 35.0 Å². The molecule has 0 bridgehead atoms. The van der Waals surface area contributed by atoms with Crippen LogP contribution in [0.2, 0.25) is 0 Å². The second kappa shape index (κ2) is 7.00. The van der Waals surface area contributed by atoms with Gasteiger partial charge in [-0.3, -0.25) is 0 Å². The number of fused-ring (bicyclic) bond motifs is 5. The molecule has 3 fully saturated rings. The molecule has 8 atom stereocenters. The Kier molecular flexibility index (Phi) is 5.05. The SMILES string of the molecule is CCC(OC)C1CCC2C3CCC4=CC(OC)CCC4C3CC[C@]12C. The van der Waals surface area contributed by atoms with Gasteiger partial charge in [0, 0.05) is 14.2 Å². The summed E-state index contributed by atoms with van der Waals surface area (Å²) in [5.74, 6) is 4.53. The van der Waals surface area contributed by atoms with Crippen molar-refractivity contribution in [1.82, 2.24) is 0 Å². The molecule has 0 aliphatic heterocycles. The van der Waals surface area contributed by atoms with E-state index >= 15 is 0 Å². The Morgan fingerprint density at radius 1 is 1.08 bits per heavy atom. The molecule has 7 unspecified atom stereocenters. The van der Waals surface area contributed by atoms with Crippen LogP contribution in [0.1, 0.15) is 71.6 Å². The van der Waals surface area contributed by atoms with Crippen LogP contribution in [0.4, 0.5) is 0 Å². The molecule has 25 heavy (non-hydrogen) atoms. The lowest BCUT2D eigenvalue weighted by Gasteiger charge is -2.55. The summed E-state index contributed by atoms with van der Waals surface area (Å²) in [6.07, 6.45) is 15.6. The van der Waals surface area contributed by atoms with Crippen molar-refractivity contribution in [2.75, 3.05) is 14.2 Å². The van der Waals surface area contributed by atoms with Gasteiger partial charge in [-0.15, -0.1) is 0 Å². The lowest BCUT2D eigenvalue weighted by atomic mass is 9.51. The van der Waals surface area contributed by atoms with Crippen LogP contribution in [-0.4, -0.2) is 26.4 Å². The van der Waals surface area contributed by atoms with Gasteiger partial charge in [-0.25, -0.2) is 0 Å². The summed E-state index contributed by atoms with van der Waals surface area (Å²) in [7, 11) is 3.81. The molecule has 0 aromatic heterocycles. The maximum atomic E-state index is 5.92. The highest BCUT2D eigenvalue weighted by Gasteiger charge is 2.57. The number of ether oxygens (including phenoxy) is 2. The van der Waals surface area contributed by atoms with E-state index in [1.165, 1.54) is 57.8 Å². The van der Waals surface area contributed by atoms with E-state index in [4.69, 9.17) is 9.47 Å². The molecule has 4 aliphatic rings. The summed E-state index contributed by atoms with van der Waals surface area (Å²) >= 11 is 0. The Labute approximate surface area is 154 Å². The number of allylic oxidation sites excluding steroid dienone is 1. The first-order chi connectivity index (χ1) is 12.1. The minimum Gasteiger partial charge on any atom is -0.381 e. The molecule has 0 N–H and O–H groups in total. The van der Waals surface area contributed by atoms with Crippen LogP contribution in [0.3, 0.4) is 0 Å². The highest BCUT2D eigenvalue weighted by atomic mass is 16.5. The van der Waals surface area contributed by atoms with Crippen LogP contribution in [-0.2, 0) is 9.47 Å². The molecule has 0 aromatic carbocycles. The molecule has 3 saturated carbocycles. The van der Waals surface area contributed by atoms with Gasteiger partial charge in [0.15, 0.2) is 0 Å². The van der Waals surface area contributed by atoms with Crippen LogP contribution < -0.4 is 0 Å². The second-order valence-corrected chi connectivity index (χ2v) is 9.58. The lowest BCUT2D eigenvalue weighted by Crippen LogP contribution is -2.48. The molecule has 0 heterocycles. The van der Waals surface area contributed by atoms with Crippen LogP contribution in [0.5, 0.6) is 0 Å². The van der Waals surface area contributed by atoms with E-state index in [0.717, 1.165) is 29.6 Å². The van der Waals surface area contributed by atoms with Gasteiger partial charge >= 0.3 is 0 Å². The van der Waals surface area contributed by atoms with Crippen molar-refractivity contribution in [1.29, 1.82) is 0 Å². The average Bonchev–Trinajstić information content (AvgIpc) is 2.99. The smallest absolute Gasteiger partial charge is 0.0754 e. The number of methoxy groups -OCH3 is 2.